The topological polar surface area (TPSA) is 135 Å². The maximum atomic E-state index is 12.8. The van der Waals surface area contributed by atoms with E-state index in [0.29, 0.717) is 5.69 Å². The van der Waals surface area contributed by atoms with Crippen LogP contribution in [0.25, 0.3) is 0 Å². The molecule has 3 aromatic carbocycles. The monoisotopic (exact) mass is 483 g/mol. The fourth-order valence-corrected chi connectivity index (χ4v) is 4.50. The van der Waals surface area contributed by atoms with Crippen LogP contribution in [-0.2, 0) is 10.0 Å². The standard InChI is InChI=1S/C22H14ClN3O6S/c23-19-20(22(28)18-7-2-1-6-17(18)21(19)27)24-13-8-10-16(11-9-13)33(31,32)25-14-4-3-5-15(12-14)26(29)30/h1-12,24-25H. The number of carbonyl (C=O) groups is 2. The van der Waals surface area contributed by atoms with Crippen molar-refractivity contribution in [2.75, 3.05) is 10.0 Å². The molecule has 2 N–H and O–H groups in total. The summed E-state index contributed by atoms with van der Waals surface area (Å²) in [4.78, 5) is 35.4. The van der Waals surface area contributed by atoms with Crippen LogP contribution >= 0.6 is 11.6 Å². The number of hydrogen-bond acceptors (Lipinski definition) is 7. The number of fused-ring (bicyclic) bond motifs is 1. The molecule has 33 heavy (non-hydrogen) atoms. The molecule has 0 saturated heterocycles. The van der Waals surface area contributed by atoms with Gasteiger partial charge in [0.25, 0.3) is 15.7 Å². The fourth-order valence-electron chi connectivity index (χ4n) is 3.22. The van der Waals surface area contributed by atoms with Crippen LogP contribution in [0.4, 0.5) is 17.1 Å². The molecule has 0 fully saturated rings. The number of hydrogen-bond donors (Lipinski definition) is 2. The summed E-state index contributed by atoms with van der Waals surface area (Å²) in [6, 6.07) is 16.8. The second-order valence-corrected chi connectivity index (χ2v) is 9.02. The lowest BCUT2D eigenvalue weighted by atomic mass is 9.92. The van der Waals surface area contributed by atoms with Gasteiger partial charge in [-0.1, -0.05) is 41.9 Å². The summed E-state index contributed by atoms with van der Waals surface area (Å²) in [5.74, 6) is -0.950. The first-order chi connectivity index (χ1) is 15.7. The second kappa shape index (κ2) is 8.49. The number of nitro benzene ring substituents is 1. The molecule has 0 radical (unpaired) electrons. The van der Waals surface area contributed by atoms with Crippen LogP contribution in [0.5, 0.6) is 0 Å². The fraction of sp³-hybridized carbons (Fsp3) is 0. The quantitative estimate of drug-likeness (QED) is 0.393. The van der Waals surface area contributed by atoms with E-state index in [9.17, 15) is 28.1 Å². The van der Waals surface area contributed by atoms with Gasteiger partial charge < -0.3 is 5.32 Å². The van der Waals surface area contributed by atoms with E-state index in [1.165, 1.54) is 54.6 Å². The molecular formula is C22H14ClN3O6S. The summed E-state index contributed by atoms with van der Waals surface area (Å²) in [5.41, 5.74) is 0.437. The van der Waals surface area contributed by atoms with Gasteiger partial charge in [-0.05, 0) is 30.3 Å². The predicted octanol–water partition coefficient (Wildman–Crippen LogP) is 4.34. The maximum absolute atomic E-state index is 12.8. The summed E-state index contributed by atoms with van der Waals surface area (Å²) in [7, 11) is -4.04. The van der Waals surface area contributed by atoms with Gasteiger partial charge in [0.1, 0.15) is 10.7 Å². The Kier molecular flexibility index (Phi) is 5.71. The second-order valence-electron chi connectivity index (χ2n) is 6.96. The first-order valence-electron chi connectivity index (χ1n) is 9.40. The van der Waals surface area contributed by atoms with Crippen molar-refractivity contribution in [1.82, 2.24) is 0 Å². The van der Waals surface area contributed by atoms with E-state index in [0.717, 1.165) is 6.07 Å². The van der Waals surface area contributed by atoms with Crippen LogP contribution < -0.4 is 10.0 Å². The number of ketones is 2. The molecular weight excluding hydrogens is 470 g/mol. The Labute approximate surface area is 192 Å². The van der Waals surface area contributed by atoms with Crippen LogP contribution in [0.3, 0.4) is 0 Å². The van der Waals surface area contributed by atoms with Crippen LogP contribution in [-0.4, -0.2) is 24.9 Å². The number of sulfonamides is 1. The van der Waals surface area contributed by atoms with E-state index >= 15 is 0 Å². The number of Topliss-reactive ketones (excluding diaryl/α,β-unsaturated/α-hetero) is 2. The van der Waals surface area contributed by atoms with Crippen molar-refractivity contribution in [3.63, 3.8) is 0 Å². The summed E-state index contributed by atoms with van der Waals surface area (Å²) in [6.45, 7) is 0. The molecule has 11 heteroatoms. The van der Waals surface area contributed by atoms with Gasteiger partial charge in [0, 0.05) is 28.9 Å². The van der Waals surface area contributed by atoms with Crippen LogP contribution in [0.15, 0.2) is 88.4 Å². The van der Waals surface area contributed by atoms with Crippen LogP contribution in [0, 0.1) is 10.1 Å². The van der Waals surface area contributed by atoms with Crippen molar-refractivity contribution in [2.45, 2.75) is 4.90 Å². The van der Waals surface area contributed by atoms with Gasteiger partial charge in [0.05, 0.1) is 15.5 Å². The Morgan fingerprint density at radius 2 is 1.45 bits per heavy atom. The number of nitrogens with one attached hydrogen (secondary N) is 2. The highest BCUT2D eigenvalue weighted by Gasteiger charge is 2.31. The number of benzene rings is 3. The summed E-state index contributed by atoms with van der Waals surface area (Å²) < 4.78 is 27.6. The Morgan fingerprint density at radius 3 is 2.09 bits per heavy atom. The molecule has 1 aliphatic carbocycles. The molecule has 166 valence electrons. The molecule has 1 aliphatic rings. The summed E-state index contributed by atoms with van der Waals surface area (Å²) >= 11 is 6.13. The van der Waals surface area contributed by atoms with Gasteiger partial charge in [-0.15, -0.1) is 0 Å². The lowest BCUT2D eigenvalue weighted by Gasteiger charge is -2.19. The zero-order chi connectivity index (χ0) is 23.8. The Balaban J connectivity index is 1.56. The number of anilines is 2. The van der Waals surface area contributed by atoms with Gasteiger partial charge in [-0.2, -0.15) is 0 Å². The Morgan fingerprint density at radius 1 is 0.818 bits per heavy atom. The molecule has 4 rings (SSSR count). The number of carbonyl (C=O) groups excluding carboxylic acids is 2. The summed E-state index contributed by atoms with van der Waals surface area (Å²) in [5, 5.41) is 13.4. The van der Waals surface area contributed by atoms with Crippen LogP contribution in [0.2, 0.25) is 0 Å². The SMILES string of the molecule is O=C1C(Cl)=C(Nc2ccc(S(=O)(=O)Nc3cccc([N+](=O)[O-])c3)cc2)C(=O)c2ccccc21. The zero-order valence-corrected chi connectivity index (χ0v) is 18.2. The zero-order valence-electron chi connectivity index (χ0n) is 16.6. The summed E-state index contributed by atoms with van der Waals surface area (Å²) in [6.07, 6.45) is 0. The van der Waals surface area contributed by atoms with Crippen molar-refractivity contribution in [3.8, 4) is 0 Å². The Hall–Kier alpha value is -4.02. The minimum atomic E-state index is -4.04. The van der Waals surface area contributed by atoms with Crippen molar-refractivity contribution in [1.29, 1.82) is 0 Å². The normalized spacial score (nSPS) is 13.5. The van der Waals surface area contributed by atoms with Crippen molar-refractivity contribution in [3.05, 3.63) is 105 Å². The Bertz CT molecular complexity index is 1450. The van der Waals surface area contributed by atoms with Crippen molar-refractivity contribution >= 4 is 50.3 Å². The molecule has 0 saturated carbocycles. The number of halogens is 1. The van der Waals surface area contributed by atoms with Gasteiger partial charge in [0.2, 0.25) is 11.6 Å². The number of allylic oxidation sites excluding steroid dienone is 2. The molecule has 0 aliphatic heterocycles. The average Bonchev–Trinajstić information content (AvgIpc) is 2.80. The van der Waals surface area contributed by atoms with Gasteiger partial charge in [0.15, 0.2) is 0 Å². The van der Waals surface area contributed by atoms with E-state index in [4.69, 9.17) is 11.6 Å². The largest absolute Gasteiger partial charge is 0.351 e. The molecule has 0 amide bonds. The highest BCUT2D eigenvalue weighted by Crippen LogP contribution is 2.30. The molecule has 0 aromatic heterocycles. The van der Waals surface area contributed by atoms with E-state index in [1.54, 1.807) is 12.1 Å². The van der Waals surface area contributed by atoms with E-state index < -0.39 is 26.5 Å². The smallest absolute Gasteiger partial charge is 0.271 e. The maximum Gasteiger partial charge on any atom is 0.271 e. The molecule has 0 atom stereocenters. The number of rotatable bonds is 6. The highest BCUT2D eigenvalue weighted by molar-refractivity contribution is 7.92. The van der Waals surface area contributed by atoms with E-state index in [-0.39, 0.29) is 38.1 Å². The first-order valence-corrected chi connectivity index (χ1v) is 11.3. The lowest BCUT2D eigenvalue weighted by Crippen LogP contribution is -2.24. The number of nitrogens with zero attached hydrogens (tertiary/aromatic N) is 1. The average molecular weight is 484 g/mol. The molecule has 3 aromatic rings. The molecule has 0 spiro atoms. The van der Waals surface area contributed by atoms with E-state index in [1.807, 2.05) is 0 Å². The lowest BCUT2D eigenvalue weighted by molar-refractivity contribution is -0.384. The third-order valence-electron chi connectivity index (χ3n) is 4.81. The van der Waals surface area contributed by atoms with Gasteiger partial charge in [-0.25, -0.2) is 8.42 Å². The van der Waals surface area contributed by atoms with Crippen molar-refractivity contribution in [2.24, 2.45) is 0 Å². The molecule has 0 unspecified atom stereocenters. The minimum Gasteiger partial charge on any atom is -0.351 e. The molecule has 9 nitrogen and oxygen atoms in total. The number of nitro groups is 1. The van der Waals surface area contributed by atoms with Crippen molar-refractivity contribution < 1.29 is 22.9 Å². The molecule has 0 heterocycles. The van der Waals surface area contributed by atoms with E-state index in [2.05, 4.69) is 10.0 Å². The molecule has 0 bridgehead atoms. The highest BCUT2D eigenvalue weighted by atomic mass is 35.5. The van der Waals surface area contributed by atoms with Gasteiger partial charge >= 0.3 is 0 Å². The third kappa shape index (κ3) is 4.34. The van der Waals surface area contributed by atoms with Crippen LogP contribution in [0.1, 0.15) is 20.7 Å². The minimum absolute atomic E-state index is 0.0355. The number of non-ortho nitro benzene ring substituents is 1. The first kappa shape index (κ1) is 22.2. The predicted molar refractivity (Wildman–Crippen MR) is 122 cm³/mol. The third-order valence-corrected chi connectivity index (χ3v) is 6.56. The van der Waals surface area contributed by atoms with Gasteiger partial charge in [-0.3, -0.25) is 24.4 Å².